The fraction of sp³-hybridized carbons (Fsp3) is 0.778. The molecule has 2 N–H and O–H groups in total. The minimum Gasteiger partial charge on any atom is -0.357 e. The van der Waals surface area contributed by atoms with E-state index in [1.807, 2.05) is 6.20 Å². The maximum Gasteiger partial charge on any atom is 0.191 e. The average Bonchev–Trinajstić information content (AvgIpc) is 3.05. The molecule has 1 fully saturated rings. The molecule has 0 bridgehead atoms. The van der Waals surface area contributed by atoms with E-state index in [-0.39, 0.29) is 24.0 Å². The van der Waals surface area contributed by atoms with E-state index in [9.17, 15) is 0 Å². The summed E-state index contributed by atoms with van der Waals surface area (Å²) in [6, 6.07) is 0.531. The maximum absolute atomic E-state index is 4.69. The van der Waals surface area contributed by atoms with Crippen LogP contribution in [0.4, 0.5) is 0 Å². The van der Waals surface area contributed by atoms with E-state index in [1.54, 1.807) is 11.3 Å². The van der Waals surface area contributed by atoms with E-state index >= 15 is 0 Å². The van der Waals surface area contributed by atoms with Crippen LogP contribution in [0.2, 0.25) is 0 Å². The highest BCUT2D eigenvalue weighted by molar-refractivity contribution is 14.0. The van der Waals surface area contributed by atoms with E-state index in [0.717, 1.165) is 36.4 Å². The summed E-state index contributed by atoms with van der Waals surface area (Å²) in [7, 11) is 0. The Morgan fingerprint density at radius 3 is 2.88 bits per heavy atom. The number of guanidine groups is 1. The topological polar surface area (TPSA) is 52.6 Å². The normalized spacial score (nSPS) is 20.0. The monoisotopic (exact) mass is 479 g/mol. The zero-order chi connectivity index (χ0) is 17.4. The number of aliphatic imine (C=N–C) groups is 1. The Morgan fingerprint density at radius 1 is 1.44 bits per heavy atom. The first-order valence-corrected chi connectivity index (χ1v) is 10.1. The van der Waals surface area contributed by atoms with Crippen molar-refractivity contribution in [2.24, 2.45) is 10.9 Å². The molecule has 0 aromatic carbocycles. The third kappa shape index (κ3) is 7.78. The smallest absolute Gasteiger partial charge is 0.191 e. The lowest BCUT2D eigenvalue weighted by atomic mass is 9.99. The van der Waals surface area contributed by atoms with Gasteiger partial charge in [0.1, 0.15) is 5.01 Å². The number of halogens is 1. The third-order valence-corrected chi connectivity index (χ3v) is 5.67. The number of nitrogens with one attached hydrogen (secondary N) is 2. The quantitative estimate of drug-likeness (QED) is 0.357. The van der Waals surface area contributed by atoms with E-state index in [4.69, 9.17) is 0 Å². The number of hydrogen-bond donors (Lipinski definition) is 2. The van der Waals surface area contributed by atoms with E-state index < -0.39 is 0 Å². The van der Waals surface area contributed by atoms with Crippen LogP contribution in [0, 0.1) is 5.92 Å². The van der Waals surface area contributed by atoms with Crippen molar-refractivity contribution in [3.8, 4) is 0 Å². The average molecular weight is 479 g/mol. The van der Waals surface area contributed by atoms with E-state index in [2.05, 4.69) is 53.2 Å². The molecule has 1 aliphatic heterocycles. The molecule has 2 heterocycles. The van der Waals surface area contributed by atoms with Gasteiger partial charge in [0.15, 0.2) is 5.96 Å². The van der Waals surface area contributed by atoms with Gasteiger partial charge in [0.25, 0.3) is 0 Å². The summed E-state index contributed by atoms with van der Waals surface area (Å²) in [5.41, 5.74) is 0. The Morgan fingerprint density at radius 2 is 2.24 bits per heavy atom. The molecule has 144 valence electrons. The summed E-state index contributed by atoms with van der Waals surface area (Å²) in [5, 5.41) is 7.92. The molecule has 1 saturated heterocycles. The zero-order valence-electron chi connectivity index (χ0n) is 16.0. The lowest BCUT2D eigenvalue weighted by Gasteiger charge is -2.35. The predicted octanol–water partition coefficient (Wildman–Crippen LogP) is 3.50. The van der Waals surface area contributed by atoms with Crippen LogP contribution in [0.15, 0.2) is 11.2 Å². The van der Waals surface area contributed by atoms with Crippen LogP contribution in [0.1, 0.15) is 50.4 Å². The van der Waals surface area contributed by atoms with Crippen molar-refractivity contribution in [2.75, 3.05) is 26.2 Å². The molecule has 0 radical (unpaired) electrons. The van der Waals surface area contributed by atoms with Crippen LogP contribution in [-0.2, 0) is 13.0 Å². The van der Waals surface area contributed by atoms with Gasteiger partial charge in [-0.1, -0.05) is 13.8 Å². The Labute approximate surface area is 174 Å². The number of aromatic nitrogens is 1. The number of aryl methyl sites for hydroxylation is 1. The first-order chi connectivity index (χ1) is 11.6. The van der Waals surface area contributed by atoms with Gasteiger partial charge in [-0.05, 0) is 45.6 Å². The highest BCUT2D eigenvalue weighted by Crippen LogP contribution is 2.17. The molecule has 1 aromatic heterocycles. The first kappa shape index (κ1) is 22.6. The summed E-state index contributed by atoms with van der Waals surface area (Å²) < 4.78 is 0. The van der Waals surface area contributed by atoms with Gasteiger partial charge in [0.2, 0.25) is 0 Å². The van der Waals surface area contributed by atoms with Gasteiger partial charge in [-0.15, -0.1) is 35.3 Å². The largest absolute Gasteiger partial charge is 0.357 e. The van der Waals surface area contributed by atoms with Gasteiger partial charge in [-0.3, -0.25) is 4.90 Å². The summed E-state index contributed by atoms with van der Waals surface area (Å²) in [6.45, 7) is 13.8. The van der Waals surface area contributed by atoms with Crippen LogP contribution in [0.5, 0.6) is 0 Å². The lowest BCUT2D eigenvalue weighted by Crippen LogP contribution is -2.48. The molecule has 0 amide bonds. The van der Waals surface area contributed by atoms with Crippen molar-refractivity contribution in [1.82, 2.24) is 20.5 Å². The fourth-order valence-electron chi connectivity index (χ4n) is 3.07. The van der Waals surface area contributed by atoms with Gasteiger partial charge in [0.05, 0.1) is 6.54 Å². The predicted molar refractivity (Wildman–Crippen MR) is 119 cm³/mol. The highest BCUT2D eigenvalue weighted by Gasteiger charge is 2.20. The minimum absolute atomic E-state index is 0. The van der Waals surface area contributed by atoms with Gasteiger partial charge in [-0.2, -0.15) is 0 Å². The first-order valence-electron chi connectivity index (χ1n) is 9.32. The number of thiazole rings is 1. The maximum atomic E-state index is 4.69. The Hall–Kier alpha value is -0.410. The van der Waals surface area contributed by atoms with Gasteiger partial charge in [0, 0.05) is 36.8 Å². The van der Waals surface area contributed by atoms with Crippen LogP contribution < -0.4 is 10.6 Å². The summed E-state index contributed by atoms with van der Waals surface area (Å²) in [5.74, 6) is 1.71. The molecule has 1 aliphatic rings. The molecule has 1 aromatic rings. The van der Waals surface area contributed by atoms with Gasteiger partial charge >= 0.3 is 0 Å². The van der Waals surface area contributed by atoms with Crippen molar-refractivity contribution in [1.29, 1.82) is 0 Å². The Balaban J connectivity index is 0.00000312. The summed E-state index contributed by atoms with van der Waals surface area (Å²) in [4.78, 5) is 13.1. The van der Waals surface area contributed by atoms with Gasteiger partial charge < -0.3 is 10.6 Å². The molecule has 2 unspecified atom stereocenters. The molecule has 2 rings (SSSR count). The van der Waals surface area contributed by atoms with Crippen LogP contribution in [-0.4, -0.2) is 48.1 Å². The van der Waals surface area contributed by atoms with Gasteiger partial charge in [-0.25, -0.2) is 9.98 Å². The minimum atomic E-state index is 0. The molecule has 5 nitrogen and oxygen atoms in total. The molecule has 25 heavy (non-hydrogen) atoms. The highest BCUT2D eigenvalue weighted by atomic mass is 127. The van der Waals surface area contributed by atoms with Crippen molar-refractivity contribution >= 4 is 41.3 Å². The molecule has 2 atom stereocenters. The molecule has 7 heteroatoms. The molecule has 0 saturated carbocycles. The second-order valence-electron chi connectivity index (χ2n) is 6.74. The van der Waals surface area contributed by atoms with Crippen LogP contribution in [0.25, 0.3) is 0 Å². The molecule has 0 aliphatic carbocycles. The van der Waals surface area contributed by atoms with Crippen molar-refractivity contribution in [3.05, 3.63) is 16.1 Å². The summed E-state index contributed by atoms with van der Waals surface area (Å²) >= 11 is 1.76. The van der Waals surface area contributed by atoms with Crippen molar-refractivity contribution in [2.45, 2.75) is 59.5 Å². The van der Waals surface area contributed by atoms with E-state index in [1.165, 1.54) is 30.8 Å². The summed E-state index contributed by atoms with van der Waals surface area (Å²) in [6.07, 6.45) is 5.71. The fourth-order valence-corrected chi connectivity index (χ4v) is 3.86. The molecular formula is C18H34IN5S. The molecule has 0 spiro atoms. The van der Waals surface area contributed by atoms with E-state index in [0.29, 0.717) is 12.6 Å². The second-order valence-corrected chi connectivity index (χ2v) is 7.94. The lowest BCUT2D eigenvalue weighted by molar-refractivity contribution is 0.139. The second kappa shape index (κ2) is 12.1. The number of likely N-dealkylation sites (tertiary alicyclic amines) is 1. The Kier molecular flexibility index (Phi) is 10.9. The third-order valence-electron chi connectivity index (χ3n) is 4.54. The zero-order valence-corrected chi connectivity index (χ0v) is 19.2. The van der Waals surface area contributed by atoms with Crippen molar-refractivity contribution in [3.63, 3.8) is 0 Å². The number of rotatable bonds is 7. The standard InChI is InChI=1S/C18H33N5S.HI/c1-5-16-11-20-17(24-16)12-22-18(19-6-2)21-10-15(4)23-9-7-8-14(3)13-23;/h11,14-15H,5-10,12-13H2,1-4H3,(H2,19,21,22);1H. The number of piperidine rings is 1. The Bertz CT molecular complexity index is 519. The van der Waals surface area contributed by atoms with Crippen LogP contribution >= 0.6 is 35.3 Å². The number of nitrogens with zero attached hydrogens (tertiary/aromatic N) is 3. The van der Waals surface area contributed by atoms with Crippen molar-refractivity contribution < 1.29 is 0 Å². The SMILES string of the molecule is CCNC(=NCc1ncc(CC)s1)NCC(C)N1CCCC(C)C1.I. The van der Waals surface area contributed by atoms with Crippen LogP contribution in [0.3, 0.4) is 0 Å². The number of hydrogen-bond acceptors (Lipinski definition) is 4. The molecular weight excluding hydrogens is 445 g/mol.